The molecule has 1 aliphatic heterocycles. The number of β-lactam (4-membered cyclic amide) rings is 1. The number of aryl methyl sites for hydroxylation is 1. The van der Waals surface area contributed by atoms with E-state index in [1.807, 2.05) is 37.3 Å². The minimum Gasteiger partial charge on any atom is -0.459 e. The van der Waals surface area contributed by atoms with Crippen molar-refractivity contribution in [2.75, 3.05) is 6.61 Å². The predicted molar refractivity (Wildman–Crippen MR) is 141 cm³/mol. The molecular formula is C21H21Cl3N4O4S3. The molecule has 2 heterocycles. The number of benzene rings is 1. The molecule has 1 saturated heterocycles. The number of halogens is 3. The highest BCUT2D eigenvalue weighted by Gasteiger charge is 2.54. The quantitative estimate of drug-likeness (QED) is 0.142. The Morgan fingerprint density at radius 2 is 1.97 bits per heavy atom. The van der Waals surface area contributed by atoms with Crippen LogP contribution in [0.3, 0.4) is 0 Å². The lowest BCUT2D eigenvalue weighted by atomic mass is 9.99. The van der Waals surface area contributed by atoms with Crippen molar-refractivity contribution in [1.82, 2.24) is 20.4 Å². The number of carbonyl (C=O) groups is 3. The minimum absolute atomic E-state index is 0.111. The molecule has 0 radical (unpaired) electrons. The fourth-order valence-corrected chi connectivity index (χ4v) is 7.05. The fraction of sp³-hybridized carbons (Fsp3) is 0.381. The molecule has 3 unspecified atom stereocenters. The number of carbonyl (C=O) groups excluding carboxylic acids is 3. The van der Waals surface area contributed by atoms with Crippen molar-refractivity contribution in [3.63, 3.8) is 0 Å². The van der Waals surface area contributed by atoms with E-state index in [4.69, 9.17) is 39.5 Å². The Labute approximate surface area is 229 Å². The lowest BCUT2D eigenvalue weighted by Gasteiger charge is -2.49. The summed E-state index contributed by atoms with van der Waals surface area (Å²) in [6.45, 7) is 6.77. The number of ether oxygens (including phenoxy) is 1. The van der Waals surface area contributed by atoms with E-state index in [1.165, 1.54) is 37.8 Å². The van der Waals surface area contributed by atoms with Crippen LogP contribution >= 0.6 is 67.7 Å². The molecule has 14 heteroatoms. The number of rotatable bonds is 10. The van der Waals surface area contributed by atoms with Crippen LogP contribution < -0.4 is 5.32 Å². The summed E-state index contributed by atoms with van der Waals surface area (Å²) in [4.78, 5) is 40.0. The first kappa shape index (κ1) is 28.1. The lowest BCUT2D eigenvalue weighted by Crippen LogP contribution is -2.73. The van der Waals surface area contributed by atoms with Crippen LogP contribution in [0.5, 0.6) is 0 Å². The summed E-state index contributed by atoms with van der Waals surface area (Å²) in [5.74, 6) is -1.55. The molecular weight excluding hydrogens is 575 g/mol. The number of amides is 2. The van der Waals surface area contributed by atoms with Crippen molar-refractivity contribution in [3.8, 4) is 0 Å². The zero-order chi connectivity index (χ0) is 25.8. The van der Waals surface area contributed by atoms with Gasteiger partial charge in [-0.15, -0.1) is 10.2 Å². The van der Waals surface area contributed by atoms with E-state index in [0.717, 1.165) is 10.6 Å². The van der Waals surface area contributed by atoms with Crippen molar-refractivity contribution in [2.24, 2.45) is 0 Å². The number of aromatic nitrogens is 2. The van der Waals surface area contributed by atoms with Crippen molar-refractivity contribution < 1.29 is 19.1 Å². The summed E-state index contributed by atoms with van der Waals surface area (Å²) >= 11 is 18.5. The van der Waals surface area contributed by atoms with Gasteiger partial charge in [-0.3, -0.25) is 9.59 Å². The maximum atomic E-state index is 13.2. The summed E-state index contributed by atoms with van der Waals surface area (Å²) in [6, 6.07) is 7.19. The molecule has 0 bridgehead atoms. The molecule has 8 nitrogen and oxygen atoms in total. The number of nitrogens with zero attached hydrogens (tertiary/aromatic N) is 3. The largest absolute Gasteiger partial charge is 0.459 e. The first-order valence-electron chi connectivity index (χ1n) is 10.1. The average Bonchev–Trinajstić information content (AvgIpc) is 3.20. The second kappa shape index (κ2) is 12.2. The maximum absolute atomic E-state index is 13.2. The maximum Gasteiger partial charge on any atom is 0.333 e. The number of esters is 1. The molecule has 2 amide bonds. The normalized spacial score (nSPS) is 18.5. The lowest BCUT2D eigenvalue weighted by molar-refractivity contribution is -0.162. The van der Waals surface area contributed by atoms with Crippen LogP contribution in [0.25, 0.3) is 0 Å². The molecule has 1 aliphatic rings. The van der Waals surface area contributed by atoms with Crippen molar-refractivity contribution in [3.05, 3.63) is 53.1 Å². The zero-order valence-corrected chi connectivity index (χ0v) is 23.3. The zero-order valence-electron chi connectivity index (χ0n) is 18.6. The third-order valence-electron chi connectivity index (χ3n) is 4.68. The van der Waals surface area contributed by atoms with E-state index in [9.17, 15) is 14.4 Å². The van der Waals surface area contributed by atoms with Crippen LogP contribution in [0.1, 0.15) is 17.5 Å². The predicted octanol–water partition coefficient (Wildman–Crippen LogP) is 4.34. The van der Waals surface area contributed by atoms with Gasteiger partial charge in [0.25, 0.3) is 0 Å². The van der Waals surface area contributed by atoms with Gasteiger partial charge in [0.05, 0.1) is 6.42 Å². The molecule has 1 aromatic carbocycles. The molecule has 2 aromatic rings. The Balaban J connectivity index is 1.77. The van der Waals surface area contributed by atoms with Gasteiger partial charge in [0, 0.05) is 0 Å². The number of nitrogens with one attached hydrogen (secondary N) is 1. The number of hydrogen-bond donors (Lipinski definition) is 1. The van der Waals surface area contributed by atoms with Gasteiger partial charge in [0.2, 0.25) is 15.6 Å². The van der Waals surface area contributed by atoms with E-state index in [2.05, 4.69) is 22.1 Å². The minimum atomic E-state index is -1.80. The van der Waals surface area contributed by atoms with Crippen molar-refractivity contribution in [1.29, 1.82) is 0 Å². The Morgan fingerprint density at radius 1 is 1.29 bits per heavy atom. The topological polar surface area (TPSA) is 101 Å². The summed E-state index contributed by atoms with van der Waals surface area (Å²) in [6.07, 6.45) is 0.111. The molecule has 1 fully saturated rings. The molecule has 188 valence electrons. The third kappa shape index (κ3) is 7.74. The van der Waals surface area contributed by atoms with Crippen LogP contribution in [-0.2, 0) is 25.5 Å². The molecule has 0 spiro atoms. The standard InChI is InChI=1S/C21H21Cl3N4O4S3/c1-11(2)16(19(31)32-10-21(22,23)24)28-17(30)15(18(28)34-35-20-27-26-12(3)33-20)25-14(29)9-13-7-5-4-6-8-13/h4-8,15-16,18H,1,9-10H2,2-3H3,(H,25,29). The second-order valence-electron chi connectivity index (χ2n) is 7.58. The highest BCUT2D eigenvalue weighted by atomic mass is 35.6. The summed E-state index contributed by atoms with van der Waals surface area (Å²) in [5.41, 5.74) is 1.18. The number of likely N-dealkylation sites (tertiary alicyclic amines) is 1. The highest BCUT2D eigenvalue weighted by molar-refractivity contribution is 8.77. The average molecular weight is 596 g/mol. The number of hydrogen-bond acceptors (Lipinski definition) is 9. The molecule has 35 heavy (non-hydrogen) atoms. The smallest absolute Gasteiger partial charge is 0.333 e. The van der Waals surface area contributed by atoms with Gasteiger partial charge in [-0.2, -0.15) is 0 Å². The Morgan fingerprint density at radius 3 is 2.54 bits per heavy atom. The SMILES string of the molecule is C=C(C)C(C(=O)OCC(Cl)(Cl)Cl)N1C(=O)C(NC(=O)Cc2ccccc2)C1SSc1nnc(C)s1. The number of alkyl halides is 3. The van der Waals surface area contributed by atoms with Crippen LogP contribution in [0.4, 0.5) is 0 Å². The Hall–Kier alpha value is -1.50. The van der Waals surface area contributed by atoms with Gasteiger partial charge < -0.3 is 15.0 Å². The monoisotopic (exact) mass is 594 g/mol. The molecule has 3 atom stereocenters. The Bertz CT molecular complexity index is 1100. The summed E-state index contributed by atoms with van der Waals surface area (Å²) in [7, 11) is 2.57. The van der Waals surface area contributed by atoms with Gasteiger partial charge in [0.1, 0.15) is 23.0 Å². The second-order valence-corrected chi connectivity index (χ2v) is 13.8. The third-order valence-corrected chi connectivity index (χ3v) is 8.82. The first-order chi connectivity index (χ1) is 16.5. The Kier molecular flexibility index (Phi) is 9.75. The van der Waals surface area contributed by atoms with E-state index in [-0.39, 0.29) is 12.3 Å². The molecule has 0 aliphatic carbocycles. The molecule has 1 aromatic heterocycles. The van der Waals surface area contributed by atoms with E-state index < -0.39 is 39.7 Å². The van der Waals surface area contributed by atoms with Gasteiger partial charge in [0.15, 0.2) is 10.4 Å². The van der Waals surface area contributed by atoms with E-state index >= 15 is 0 Å². The summed E-state index contributed by atoms with van der Waals surface area (Å²) < 4.78 is 4.00. The van der Waals surface area contributed by atoms with E-state index in [0.29, 0.717) is 9.91 Å². The van der Waals surface area contributed by atoms with Crippen LogP contribution in [0.2, 0.25) is 0 Å². The van der Waals surface area contributed by atoms with Crippen molar-refractivity contribution >= 4 is 85.5 Å². The van der Waals surface area contributed by atoms with Gasteiger partial charge in [-0.25, -0.2) is 4.79 Å². The van der Waals surface area contributed by atoms with Gasteiger partial charge in [-0.05, 0) is 35.8 Å². The molecule has 3 rings (SSSR count). The first-order valence-corrected chi connectivity index (χ1v) is 14.3. The van der Waals surface area contributed by atoms with Crippen LogP contribution in [0, 0.1) is 6.92 Å². The van der Waals surface area contributed by atoms with Gasteiger partial charge in [-0.1, -0.05) is 93.8 Å². The molecule has 0 saturated carbocycles. The summed E-state index contributed by atoms with van der Waals surface area (Å²) in [5, 5.41) is 11.0. The van der Waals surface area contributed by atoms with Crippen LogP contribution in [0.15, 0.2) is 46.8 Å². The van der Waals surface area contributed by atoms with E-state index in [1.54, 1.807) is 6.92 Å². The molecule has 1 N–H and O–H groups in total. The van der Waals surface area contributed by atoms with Crippen molar-refractivity contribution in [2.45, 2.75) is 45.9 Å². The van der Waals surface area contributed by atoms with Crippen LogP contribution in [-0.4, -0.2) is 60.7 Å². The van der Waals surface area contributed by atoms with Gasteiger partial charge >= 0.3 is 5.97 Å². The fourth-order valence-electron chi connectivity index (χ4n) is 3.19. The highest BCUT2D eigenvalue weighted by Crippen LogP contribution is 2.44.